The molecule has 7 nitrogen and oxygen atoms in total. The average molecular weight is 335 g/mol. The standard InChI is InChI=1S/C13H11ClN6OS/c1-2-20-12(21)10(5-9-3-4-11(14)15-6-9)22-13(20)18-19-7-16-17-8-19/h3-8H,2H2,1H3/b10-5-,18-13-. The molecule has 1 saturated heterocycles. The molecule has 0 saturated carbocycles. The first-order chi connectivity index (χ1) is 10.7. The summed E-state index contributed by atoms with van der Waals surface area (Å²) in [6.07, 6.45) is 6.33. The zero-order valence-electron chi connectivity index (χ0n) is 11.5. The van der Waals surface area contributed by atoms with Crippen LogP contribution in [0.25, 0.3) is 6.08 Å². The summed E-state index contributed by atoms with van der Waals surface area (Å²) in [7, 11) is 0. The second-order valence-corrected chi connectivity index (χ2v) is 5.70. The third kappa shape index (κ3) is 3.02. The van der Waals surface area contributed by atoms with Crippen molar-refractivity contribution < 1.29 is 4.79 Å². The van der Waals surface area contributed by atoms with E-state index in [0.29, 0.717) is 21.8 Å². The molecule has 0 radical (unpaired) electrons. The number of thioether (sulfide) groups is 1. The van der Waals surface area contributed by atoms with E-state index in [1.165, 1.54) is 29.1 Å². The van der Waals surface area contributed by atoms with E-state index in [0.717, 1.165) is 5.56 Å². The summed E-state index contributed by atoms with van der Waals surface area (Å²) in [6, 6.07) is 3.49. The normalized spacial score (nSPS) is 18.6. The van der Waals surface area contributed by atoms with Crippen LogP contribution in [0.3, 0.4) is 0 Å². The van der Waals surface area contributed by atoms with Crippen molar-refractivity contribution in [3.63, 3.8) is 0 Å². The molecule has 0 atom stereocenters. The molecule has 1 amide bonds. The van der Waals surface area contributed by atoms with Gasteiger partial charge in [-0.15, -0.1) is 15.3 Å². The van der Waals surface area contributed by atoms with E-state index in [9.17, 15) is 4.79 Å². The van der Waals surface area contributed by atoms with Gasteiger partial charge in [0.1, 0.15) is 17.8 Å². The molecule has 2 aromatic heterocycles. The highest BCUT2D eigenvalue weighted by Gasteiger charge is 2.32. The van der Waals surface area contributed by atoms with Gasteiger partial charge in [-0.25, -0.2) is 9.66 Å². The Morgan fingerprint density at radius 3 is 2.77 bits per heavy atom. The second kappa shape index (κ2) is 6.29. The molecular formula is C13H11ClN6OS. The third-order valence-electron chi connectivity index (χ3n) is 2.86. The van der Waals surface area contributed by atoms with E-state index in [1.807, 2.05) is 6.92 Å². The van der Waals surface area contributed by atoms with Gasteiger partial charge < -0.3 is 0 Å². The highest BCUT2D eigenvalue weighted by atomic mass is 35.5. The van der Waals surface area contributed by atoms with Gasteiger partial charge in [0.2, 0.25) is 0 Å². The van der Waals surface area contributed by atoms with Crippen molar-refractivity contribution in [2.75, 3.05) is 6.54 Å². The van der Waals surface area contributed by atoms with Crippen LogP contribution >= 0.6 is 23.4 Å². The van der Waals surface area contributed by atoms with E-state index >= 15 is 0 Å². The van der Waals surface area contributed by atoms with Gasteiger partial charge in [-0.3, -0.25) is 9.69 Å². The van der Waals surface area contributed by atoms with Crippen molar-refractivity contribution >= 4 is 40.5 Å². The fraction of sp³-hybridized carbons (Fsp3) is 0.154. The van der Waals surface area contributed by atoms with Crippen LogP contribution in [-0.4, -0.2) is 42.4 Å². The maximum atomic E-state index is 12.4. The Balaban J connectivity index is 1.91. The van der Waals surface area contributed by atoms with Crippen LogP contribution in [0.1, 0.15) is 12.5 Å². The van der Waals surface area contributed by atoms with Gasteiger partial charge in [-0.2, -0.15) is 0 Å². The third-order valence-corrected chi connectivity index (χ3v) is 4.08. The molecule has 0 bridgehead atoms. The van der Waals surface area contributed by atoms with Crippen molar-refractivity contribution in [3.8, 4) is 0 Å². The molecule has 0 unspecified atom stereocenters. The van der Waals surface area contributed by atoms with Gasteiger partial charge in [-0.05, 0) is 36.4 Å². The van der Waals surface area contributed by atoms with Crippen molar-refractivity contribution in [2.24, 2.45) is 5.10 Å². The molecule has 0 N–H and O–H groups in total. The maximum Gasteiger partial charge on any atom is 0.266 e. The maximum absolute atomic E-state index is 12.4. The highest BCUT2D eigenvalue weighted by molar-refractivity contribution is 8.18. The zero-order chi connectivity index (χ0) is 15.5. The van der Waals surface area contributed by atoms with Crippen molar-refractivity contribution in [2.45, 2.75) is 6.92 Å². The number of pyridine rings is 1. The number of amidine groups is 1. The summed E-state index contributed by atoms with van der Waals surface area (Å²) in [5.74, 6) is -0.0886. The molecule has 1 aliphatic heterocycles. The monoisotopic (exact) mass is 334 g/mol. The quantitative estimate of drug-likeness (QED) is 0.634. The van der Waals surface area contributed by atoms with E-state index in [2.05, 4.69) is 20.3 Å². The number of amides is 1. The number of rotatable bonds is 3. The van der Waals surface area contributed by atoms with Gasteiger partial charge in [0.25, 0.3) is 5.91 Å². The number of carbonyl (C=O) groups is 1. The minimum atomic E-state index is -0.0886. The molecule has 0 aliphatic carbocycles. The Hall–Kier alpha value is -2.19. The first kappa shape index (κ1) is 14.7. The van der Waals surface area contributed by atoms with Gasteiger partial charge >= 0.3 is 0 Å². The molecule has 1 aliphatic rings. The lowest BCUT2D eigenvalue weighted by Gasteiger charge is -2.11. The van der Waals surface area contributed by atoms with Crippen LogP contribution in [-0.2, 0) is 4.79 Å². The Labute approximate surface area is 135 Å². The largest absolute Gasteiger partial charge is 0.285 e. The molecule has 1 fully saturated rings. The van der Waals surface area contributed by atoms with Crippen LogP contribution in [0.5, 0.6) is 0 Å². The lowest BCUT2D eigenvalue weighted by Crippen LogP contribution is -2.29. The molecular weight excluding hydrogens is 324 g/mol. The van der Waals surface area contributed by atoms with Gasteiger partial charge in [0.05, 0.1) is 4.91 Å². The van der Waals surface area contributed by atoms with E-state index < -0.39 is 0 Å². The lowest BCUT2D eigenvalue weighted by molar-refractivity contribution is -0.122. The smallest absolute Gasteiger partial charge is 0.266 e. The number of nitrogens with zero attached hydrogens (tertiary/aromatic N) is 6. The number of carbonyl (C=O) groups excluding carboxylic acids is 1. The number of halogens is 1. The van der Waals surface area contributed by atoms with Crippen LogP contribution in [0.2, 0.25) is 5.15 Å². The van der Waals surface area contributed by atoms with E-state index in [1.54, 1.807) is 29.3 Å². The van der Waals surface area contributed by atoms with Crippen molar-refractivity contribution in [1.82, 2.24) is 24.8 Å². The van der Waals surface area contributed by atoms with E-state index in [-0.39, 0.29) is 5.91 Å². The number of likely N-dealkylation sites (N-methyl/N-ethyl adjacent to an activating group) is 1. The van der Waals surface area contributed by atoms with Gasteiger partial charge in [0, 0.05) is 12.7 Å². The fourth-order valence-electron chi connectivity index (χ4n) is 1.83. The predicted molar refractivity (Wildman–Crippen MR) is 85.1 cm³/mol. The molecule has 0 spiro atoms. The van der Waals surface area contributed by atoms with E-state index in [4.69, 9.17) is 11.6 Å². The minimum absolute atomic E-state index is 0.0886. The van der Waals surface area contributed by atoms with Crippen LogP contribution < -0.4 is 0 Å². The summed E-state index contributed by atoms with van der Waals surface area (Å²) < 4.78 is 1.46. The number of aromatic nitrogens is 4. The van der Waals surface area contributed by atoms with Gasteiger partial charge in [0.15, 0.2) is 5.17 Å². The first-order valence-corrected chi connectivity index (χ1v) is 7.63. The highest BCUT2D eigenvalue weighted by Crippen LogP contribution is 2.32. The second-order valence-electron chi connectivity index (χ2n) is 4.30. The fourth-order valence-corrected chi connectivity index (χ4v) is 2.99. The van der Waals surface area contributed by atoms with Crippen molar-refractivity contribution in [3.05, 3.63) is 46.6 Å². The SMILES string of the molecule is CCN1C(=O)/C(=C/c2ccc(Cl)nc2)S/C1=N\n1cnnc1. The Kier molecular flexibility index (Phi) is 4.21. The molecule has 112 valence electrons. The molecule has 3 rings (SSSR count). The summed E-state index contributed by atoms with van der Waals surface area (Å²) in [5, 5.41) is 12.7. The molecule has 22 heavy (non-hydrogen) atoms. The first-order valence-electron chi connectivity index (χ1n) is 6.44. The topological polar surface area (TPSA) is 76.3 Å². The Morgan fingerprint density at radius 2 is 2.14 bits per heavy atom. The zero-order valence-corrected chi connectivity index (χ0v) is 13.1. The van der Waals surface area contributed by atoms with Crippen LogP contribution in [0.15, 0.2) is 41.0 Å². The molecule has 3 heterocycles. The lowest BCUT2D eigenvalue weighted by atomic mass is 10.2. The Morgan fingerprint density at radius 1 is 1.36 bits per heavy atom. The number of hydrogen-bond donors (Lipinski definition) is 0. The van der Waals surface area contributed by atoms with Crippen LogP contribution in [0, 0.1) is 0 Å². The molecule has 9 heteroatoms. The predicted octanol–water partition coefficient (Wildman–Crippen LogP) is 2.08. The summed E-state index contributed by atoms with van der Waals surface area (Å²) in [6.45, 7) is 2.43. The average Bonchev–Trinajstić information content (AvgIpc) is 3.11. The summed E-state index contributed by atoms with van der Waals surface area (Å²) >= 11 is 7.06. The summed E-state index contributed by atoms with van der Waals surface area (Å²) in [4.78, 5) is 18.6. The molecule has 0 aromatic carbocycles. The van der Waals surface area contributed by atoms with Crippen molar-refractivity contribution in [1.29, 1.82) is 0 Å². The summed E-state index contributed by atoms with van der Waals surface area (Å²) in [5.41, 5.74) is 0.807. The van der Waals surface area contributed by atoms with Crippen LogP contribution in [0.4, 0.5) is 0 Å². The van der Waals surface area contributed by atoms with Gasteiger partial charge in [-0.1, -0.05) is 17.7 Å². The number of hydrogen-bond acceptors (Lipinski definition) is 6. The molecule has 2 aromatic rings. The minimum Gasteiger partial charge on any atom is -0.285 e. The Bertz CT molecular complexity index is 740.